The minimum Gasteiger partial charge on any atom is -0.466 e. The maximum absolute atomic E-state index is 12.3. The van der Waals surface area contributed by atoms with Crippen LogP contribution in [-0.2, 0) is 25.1 Å². The van der Waals surface area contributed by atoms with Gasteiger partial charge in [-0.05, 0) is 57.1 Å². The zero-order valence-electron chi connectivity index (χ0n) is 18.0. The van der Waals surface area contributed by atoms with Gasteiger partial charge >= 0.3 is 5.97 Å². The van der Waals surface area contributed by atoms with Crippen LogP contribution in [-0.4, -0.2) is 39.5 Å². The molecule has 1 saturated carbocycles. The van der Waals surface area contributed by atoms with E-state index in [-0.39, 0.29) is 36.6 Å². The Morgan fingerprint density at radius 3 is 2.63 bits per heavy atom. The van der Waals surface area contributed by atoms with E-state index >= 15 is 0 Å². The standard InChI is InChI=1S/C24H34O5S/c1-18-10-12-20(13-11-18)30(28)16-8-6-4-3-5-7-9-21-22(14-15-29-19(2)25)24(27)17-23(21)26/h5,7,10-13,21-23,26H,3-4,6,8-9,14-17H2,1-2H3/b7-5+/t21-,22-,23-,30?/m1/s1. The van der Waals surface area contributed by atoms with Gasteiger partial charge < -0.3 is 9.84 Å². The summed E-state index contributed by atoms with van der Waals surface area (Å²) in [6, 6.07) is 7.87. The lowest BCUT2D eigenvalue weighted by Gasteiger charge is -2.19. The molecule has 1 fully saturated rings. The van der Waals surface area contributed by atoms with Crippen molar-refractivity contribution in [2.24, 2.45) is 11.8 Å². The van der Waals surface area contributed by atoms with Crippen molar-refractivity contribution in [1.82, 2.24) is 0 Å². The number of unbranched alkanes of at least 4 members (excludes halogenated alkanes) is 3. The Bertz CT molecular complexity index is 740. The molecule has 5 nitrogen and oxygen atoms in total. The molecule has 1 unspecified atom stereocenters. The van der Waals surface area contributed by atoms with Gasteiger partial charge in [-0.3, -0.25) is 13.8 Å². The molecule has 166 valence electrons. The van der Waals surface area contributed by atoms with Gasteiger partial charge in [-0.1, -0.05) is 36.3 Å². The highest BCUT2D eigenvalue weighted by Gasteiger charge is 2.40. The van der Waals surface area contributed by atoms with Gasteiger partial charge in [0.15, 0.2) is 0 Å². The van der Waals surface area contributed by atoms with Crippen LogP contribution in [0.3, 0.4) is 0 Å². The van der Waals surface area contributed by atoms with E-state index < -0.39 is 16.9 Å². The van der Waals surface area contributed by atoms with Gasteiger partial charge in [-0.25, -0.2) is 0 Å². The zero-order valence-corrected chi connectivity index (χ0v) is 18.9. The number of aliphatic hydroxyl groups excluding tert-OH is 1. The van der Waals surface area contributed by atoms with Crippen LogP contribution >= 0.6 is 0 Å². The molecule has 0 radical (unpaired) electrons. The number of carbonyl (C=O) groups excluding carboxylic acids is 2. The molecule has 0 bridgehead atoms. The Kier molecular flexibility index (Phi) is 10.4. The van der Waals surface area contributed by atoms with Crippen LogP contribution in [0.25, 0.3) is 0 Å². The van der Waals surface area contributed by atoms with Crippen molar-refractivity contribution in [3.05, 3.63) is 42.0 Å². The van der Waals surface area contributed by atoms with Gasteiger partial charge in [-0.15, -0.1) is 0 Å². The van der Waals surface area contributed by atoms with E-state index in [9.17, 15) is 18.9 Å². The number of aryl methyl sites for hydroxylation is 1. The van der Waals surface area contributed by atoms with Crippen LogP contribution in [0.1, 0.15) is 57.4 Å². The molecule has 6 heteroatoms. The number of hydrogen-bond donors (Lipinski definition) is 1. The minimum atomic E-state index is -0.929. The Balaban J connectivity index is 1.62. The summed E-state index contributed by atoms with van der Waals surface area (Å²) in [7, 11) is -0.929. The first-order valence-corrected chi connectivity index (χ1v) is 12.1. The van der Waals surface area contributed by atoms with Crippen LogP contribution in [0.4, 0.5) is 0 Å². The first-order chi connectivity index (χ1) is 14.4. The summed E-state index contributed by atoms with van der Waals surface area (Å²) in [5.74, 6) is 0.0736. The van der Waals surface area contributed by atoms with E-state index in [4.69, 9.17) is 4.74 Å². The number of benzene rings is 1. The molecule has 30 heavy (non-hydrogen) atoms. The van der Waals surface area contributed by atoms with Crippen LogP contribution < -0.4 is 0 Å². The zero-order chi connectivity index (χ0) is 21.9. The molecule has 0 aromatic heterocycles. The second-order valence-corrected chi connectivity index (χ2v) is 9.63. The molecular weight excluding hydrogens is 400 g/mol. The summed E-state index contributed by atoms with van der Waals surface area (Å²) >= 11 is 0. The number of esters is 1. The van der Waals surface area contributed by atoms with Crippen LogP contribution in [0.5, 0.6) is 0 Å². The van der Waals surface area contributed by atoms with Gasteiger partial charge in [0.1, 0.15) is 5.78 Å². The molecule has 0 heterocycles. The quantitative estimate of drug-likeness (QED) is 0.304. The van der Waals surface area contributed by atoms with E-state index in [1.54, 1.807) is 0 Å². The van der Waals surface area contributed by atoms with Gasteiger partial charge in [-0.2, -0.15) is 0 Å². The topological polar surface area (TPSA) is 80.7 Å². The Hall–Kier alpha value is -1.79. The fraction of sp³-hybridized carbons (Fsp3) is 0.583. The fourth-order valence-corrected chi connectivity index (χ4v) is 5.03. The SMILES string of the molecule is CC(=O)OCC[C@H]1C(=O)C[C@@H](O)[C@@H]1C/C=C/CCCCCS(=O)c1ccc(C)cc1. The predicted molar refractivity (Wildman–Crippen MR) is 119 cm³/mol. The summed E-state index contributed by atoms with van der Waals surface area (Å²) in [4.78, 5) is 23.9. The molecule has 0 amide bonds. The first-order valence-electron chi connectivity index (χ1n) is 10.8. The van der Waals surface area contributed by atoms with Crippen molar-refractivity contribution in [2.75, 3.05) is 12.4 Å². The van der Waals surface area contributed by atoms with Gasteiger partial charge in [0, 0.05) is 29.9 Å². The van der Waals surface area contributed by atoms with Crippen molar-refractivity contribution in [1.29, 1.82) is 0 Å². The molecule has 0 aliphatic heterocycles. The van der Waals surface area contributed by atoms with Crippen molar-refractivity contribution in [3.63, 3.8) is 0 Å². The largest absolute Gasteiger partial charge is 0.466 e. The lowest BCUT2D eigenvalue weighted by molar-refractivity contribution is -0.142. The second-order valence-electron chi connectivity index (χ2n) is 8.06. The Morgan fingerprint density at radius 1 is 1.20 bits per heavy atom. The average molecular weight is 435 g/mol. The summed E-state index contributed by atoms with van der Waals surface area (Å²) < 4.78 is 17.2. The average Bonchev–Trinajstić information content (AvgIpc) is 2.97. The molecule has 1 aromatic rings. The van der Waals surface area contributed by atoms with Crippen molar-refractivity contribution in [3.8, 4) is 0 Å². The number of allylic oxidation sites excluding steroid dienone is 2. The third-order valence-electron chi connectivity index (χ3n) is 5.63. The van der Waals surface area contributed by atoms with Gasteiger partial charge in [0.05, 0.1) is 23.5 Å². The van der Waals surface area contributed by atoms with Crippen molar-refractivity contribution >= 4 is 22.6 Å². The third kappa shape index (κ3) is 8.15. The number of ether oxygens (including phenoxy) is 1. The second kappa shape index (κ2) is 12.8. The Labute approximate surface area is 182 Å². The maximum Gasteiger partial charge on any atom is 0.302 e. The third-order valence-corrected chi connectivity index (χ3v) is 7.09. The molecule has 1 aromatic carbocycles. The number of hydrogen-bond acceptors (Lipinski definition) is 5. The predicted octanol–water partition coefficient (Wildman–Crippen LogP) is 4.13. The number of carbonyl (C=O) groups is 2. The van der Waals surface area contributed by atoms with Crippen molar-refractivity contribution in [2.45, 2.75) is 69.8 Å². The maximum atomic E-state index is 12.3. The molecule has 4 atom stereocenters. The minimum absolute atomic E-state index is 0.0645. The Morgan fingerprint density at radius 2 is 1.93 bits per heavy atom. The van der Waals surface area contributed by atoms with E-state index in [0.29, 0.717) is 18.6 Å². The van der Waals surface area contributed by atoms with Crippen molar-refractivity contribution < 1.29 is 23.6 Å². The van der Waals surface area contributed by atoms with E-state index in [2.05, 4.69) is 12.2 Å². The number of rotatable bonds is 12. The van der Waals surface area contributed by atoms with E-state index in [1.807, 2.05) is 31.2 Å². The summed E-state index contributed by atoms with van der Waals surface area (Å²) in [6.07, 6.45) is 8.81. The monoisotopic (exact) mass is 434 g/mol. The molecular formula is C24H34O5S. The normalized spacial score (nSPS) is 22.5. The van der Waals surface area contributed by atoms with E-state index in [0.717, 1.165) is 30.6 Å². The smallest absolute Gasteiger partial charge is 0.302 e. The molecule has 2 rings (SSSR count). The van der Waals surface area contributed by atoms with E-state index in [1.165, 1.54) is 12.5 Å². The molecule has 0 spiro atoms. The lowest BCUT2D eigenvalue weighted by Crippen LogP contribution is -2.22. The molecule has 0 saturated heterocycles. The lowest BCUT2D eigenvalue weighted by atomic mass is 9.88. The van der Waals surface area contributed by atoms with Gasteiger partial charge in [0.25, 0.3) is 0 Å². The van der Waals surface area contributed by atoms with Gasteiger partial charge in [0.2, 0.25) is 0 Å². The number of ketones is 1. The van der Waals surface area contributed by atoms with Crippen LogP contribution in [0.2, 0.25) is 0 Å². The summed E-state index contributed by atoms with van der Waals surface area (Å²) in [6.45, 7) is 3.60. The highest BCUT2D eigenvalue weighted by atomic mass is 32.2. The fourth-order valence-electron chi connectivity index (χ4n) is 3.89. The molecule has 1 aliphatic rings. The highest BCUT2D eigenvalue weighted by molar-refractivity contribution is 7.85. The van der Waals surface area contributed by atoms with Crippen LogP contribution in [0.15, 0.2) is 41.3 Å². The molecule has 1 aliphatic carbocycles. The summed E-state index contributed by atoms with van der Waals surface area (Å²) in [5.41, 5.74) is 1.17. The highest BCUT2D eigenvalue weighted by Crippen LogP contribution is 2.34. The van der Waals surface area contributed by atoms with Crippen LogP contribution in [0, 0.1) is 18.8 Å². The number of Topliss-reactive ketones (excluding diaryl/α,β-unsaturated/α-hetero) is 1. The number of aliphatic hydroxyl groups is 1. The summed E-state index contributed by atoms with van der Waals surface area (Å²) in [5, 5.41) is 10.2. The first kappa shape index (κ1) is 24.5. The molecule has 1 N–H and O–H groups in total.